The van der Waals surface area contributed by atoms with E-state index in [-0.39, 0.29) is 12.5 Å². The smallest absolute Gasteiger partial charge is 0.258 e. The lowest BCUT2D eigenvalue weighted by molar-refractivity contribution is -0.123. The van der Waals surface area contributed by atoms with Crippen molar-refractivity contribution in [3.63, 3.8) is 0 Å². The molecule has 31 heavy (non-hydrogen) atoms. The molecule has 1 N–H and O–H groups in total. The Hall–Kier alpha value is -3.64. The van der Waals surface area contributed by atoms with E-state index < -0.39 is 0 Å². The Balaban J connectivity index is 1.28. The average molecular weight is 431 g/mol. The fourth-order valence-electron chi connectivity index (χ4n) is 2.99. The summed E-state index contributed by atoms with van der Waals surface area (Å²) in [6, 6.07) is 25.3. The maximum Gasteiger partial charge on any atom is 0.258 e. The van der Waals surface area contributed by atoms with Gasteiger partial charge in [0, 0.05) is 23.1 Å². The third-order valence-electron chi connectivity index (χ3n) is 4.69. The third-order valence-corrected chi connectivity index (χ3v) is 5.59. The number of nitrogens with zero attached hydrogens (tertiary/aromatic N) is 1. The molecule has 0 atom stereocenters. The van der Waals surface area contributed by atoms with Crippen molar-refractivity contribution in [1.82, 2.24) is 10.3 Å². The SMILES string of the molecule is COc1ccc(OCC(=O)NCc2ccc(-c3csc(-c4ccccc4)n3)cc2)cc1. The molecule has 3 aromatic carbocycles. The molecule has 0 aliphatic heterocycles. The zero-order valence-corrected chi connectivity index (χ0v) is 17.9. The van der Waals surface area contributed by atoms with Crippen LogP contribution in [0.1, 0.15) is 5.56 Å². The number of ether oxygens (including phenoxy) is 2. The summed E-state index contributed by atoms with van der Waals surface area (Å²) in [6.45, 7) is 0.406. The molecule has 6 heteroatoms. The Labute approximate surface area is 185 Å². The van der Waals surface area contributed by atoms with Crippen molar-refractivity contribution in [3.8, 4) is 33.3 Å². The Morgan fingerprint density at radius 3 is 2.32 bits per heavy atom. The Morgan fingerprint density at radius 1 is 0.903 bits per heavy atom. The highest BCUT2D eigenvalue weighted by atomic mass is 32.1. The summed E-state index contributed by atoms with van der Waals surface area (Å²) in [5, 5.41) is 5.94. The molecule has 4 rings (SSSR count). The standard InChI is InChI=1S/C25H22N2O3S/c1-29-21-11-13-22(14-12-21)30-16-24(28)26-15-18-7-9-19(10-8-18)23-17-31-25(27-23)20-5-3-2-4-6-20/h2-14,17H,15-16H2,1H3,(H,26,28). The van der Waals surface area contributed by atoms with Crippen molar-refractivity contribution in [2.24, 2.45) is 0 Å². The quantitative estimate of drug-likeness (QED) is 0.418. The van der Waals surface area contributed by atoms with Crippen LogP contribution in [0.15, 0.2) is 84.2 Å². The van der Waals surface area contributed by atoms with Gasteiger partial charge in [-0.25, -0.2) is 4.98 Å². The van der Waals surface area contributed by atoms with Crippen LogP contribution in [0.4, 0.5) is 0 Å². The summed E-state index contributed by atoms with van der Waals surface area (Å²) in [7, 11) is 1.61. The first-order valence-corrected chi connectivity index (χ1v) is 10.7. The molecule has 0 saturated heterocycles. The first kappa shape index (κ1) is 20.6. The molecule has 0 saturated carbocycles. The number of methoxy groups -OCH3 is 1. The zero-order chi connectivity index (χ0) is 21.5. The van der Waals surface area contributed by atoms with Crippen LogP contribution >= 0.6 is 11.3 Å². The molecule has 0 fully saturated rings. The van der Waals surface area contributed by atoms with E-state index in [0.29, 0.717) is 12.3 Å². The van der Waals surface area contributed by atoms with Crippen LogP contribution in [-0.4, -0.2) is 24.6 Å². The summed E-state index contributed by atoms with van der Waals surface area (Å²) in [5.41, 5.74) is 4.14. The van der Waals surface area contributed by atoms with Crippen LogP contribution in [0.5, 0.6) is 11.5 Å². The predicted octanol–water partition coefficient (Wildman–Crippen LogP) is 5.18. The first-order chi connectivity index (χ1) is 15.2. The molecule has 0 bridgehead atoms. The van der Waals surface area contributed by atoms with Crippen molar-refractivity contribution < 1.29 is 14.3 Å². The van der Waals surface area contributed by atoms with Gasteiger partial charge in [-0.3, -0.25) is 4.79 Å². The van der Waals surface area contributed by atoms with Crippen molar-refractivity contribution in [1.29, 1.82) is 0 Å². The molecule has 5 nitrogen and oxygen atoms in total. The second kappa shape index (κ2) is 9.91. The molecule has 156 valence electrons. The number of nitrogens with one attached hydrogen (secondary N) is 1. The zero-order valence-electron chi connectivity index (χ0n) is 17.1. The van der Waals surface area contributed by atoms with E-state index in [1.54, 1.807) is 42.7 Å². The van der Waals surface area contributed by atoms with Crippen LogP contribution in [0, 0.1) is 0 Å². The Morgan fingerprint density at radius 2 is 1.61 bits per heavy atom. The largest absolute Gasteiger partial charge is 0.497 e. The molecule has 1 amide bonds. The van der Waals surface area contributed by atoms with Gasteiger partial charge in [-0.2, -0.15) is 0 Å². The van der Waals surface area contributed by atoms with Crippen LogP contribution in [0.25, 0.3) is 21.8 Å². The van der Waals surface area contributed by atoms with Gasteiger partial charge in [0.05, 0.1) is 12.8 Å². The number of amides is 1. The van der Waals surface area contributed by atoms with Crippen LogP contribution in [-0.2, 0) is 11.3 Å². The van der Waals surface area contributed by atoms with Crippen LogP contribution in [0.3, 0.4) is 0 Å². The van der Waals surface area contributed by atoms with Gasteiger partial charge in [-0.1, -0.05) is 54.6 Å². The van der Waals surface area contributed by atoms with Gasteiger partial charge in [0.15, 0.2) is 6.61 Å². The number of benzene rings is 3. The topological polar surface area (TPSA) is 60.5 Å². The monoisotopic (exact) mass is 430 g/mol. The lowest BCUT2D eigenvalue weighted by atomic mass is 10.1. The molecule has 0 unspecified atom stereocenters. The maximum atomic E-state index is 12.1. The predicted molar refractivity (Wildman–Crippen MR) is 123 cm³/mol. The van der Waals surface area contributed by atoms with E-state index in [9.17, 15) is 4.79 Å². The Kier molecular flexibility index (Phi) is 6.59. The number of thiazole rings is 1. The average Bonchev–Trinajstić information content (AvgIpc) is 3.33. The minimum absolute atomic E-state index is 0.0362. The lowest BCUT2D eigenvalue weighted by Crippen LogP contribution is -2.28. The molecule has 0 radical (unpaired) electrons. The number of aromatic nitrogens is 1. The van der Waals surface area contributed by atoms with Gasteiger partial charge >= 0.3 is 0 Å². The van der Waals surface area contributed by atoms with Gasteiger partial charge in [0.1, 0.15) is 16.5 Å². The molecule has 1 heterocycles. The van der Waals surface area contributed by atoms with E-state index in [2.05, 4.69) is 22.8 Å². The van der Waals surface area contributed by atoms with Gasteiger partial charge in [0.25, 0.3) is 5.91 Å². The summed E-state index contributed by atoms with van der Waals surface area (Å²) >= 11 is 1.63. The lowest BCUT2D eigenvalue weighted by Gasteiger charge is -2.08. The summed E-state index contributed by atoms with van der Waals surface area (Å²) < 4.78 is 10.6. The minimum atomic E-state index is -0.174. The number of carbonyl (C=O) groups is 1. The van der Waals surface area contributed by atoms with Gasteiger partial charge in [-0.15, -0.1) is 11.3 Å². The van der Waals surface area contributed by atoms with Crippen LogP contribution < -0.4 is 14.8 Å². The highest BCUT2D eigenvalue weighted by Gasteiger charge is 2.07. The fourth-order valence-corrected chi connectivity index (χ4v) is 3.82. The second-order valence-electron chi connectivity index (χ2n) is 6.84. The van der Waals surface area contributed by atoms with Crippen LogP contribution in [0.2, 0.25) is 0 Å². The van der Waals surface area contributed by atoms with E-state index in [1.165, 1.54) is 0 Å². The molecule has 0 aliphatic carbocycles. The summed E-state index contributed by atoms with van der Waals surface area (Å²) in [5.74, 6) is 1.19. The van der Waals surface area contributed by atoms with Crippen molar-refractivity contribution in [2.45, 2.75) is 6.54 Å². The summed E-state index contributed by atoms with van der Waals surface area (Å²) in [4.78, 5) is 16.8. The van der Waals surface area contributed by atoms with Crippen molar-refractivity contribution in [3.05, 3.63) is 89.8 Å². The van der Waals surface area contributed by atoms with Crippen molar-refractivity contribution in [2.75, 3.05) is 13.7 Å². The molecule has 1 aromatic heterocycles. The van der Waals surface area contributed by atoms with E-state index in [4.69, 9.17) is 14.5 Å². The highest BCUT2D eigenvalue weighted by molar-refractivity contribution is 7.13. The van der Waals surface area contributed by atoms with E-state index in [0.717, 1.165) is 33.1 Å². The first-order valence-electron chi connectivity index (χ1n) is 9.85. The van der Waals surface area contributed by atoms with Crippen molar-refractivity contribution >= 4 is 17.2 Å². The van der Waals surface area contributed by atoms with Gasteiger partial charge in [0.2, 0.25) is 0 Å². The Bertz CT molecular complexity index is 1120. The molecular weight excluding hydrogens is 408 g/mol. The minimum Gasteiger partial charge on any atom is -0.497 e. The normalized spacial score (nSPS) is 10.5. The van der Waals surface area contributed by atoms with Gasteiger partial charge < -0.3 is 14.8 Å². The number of hydrogen-bond acceptors (Lipinski definition) is 5. The van der Waals surface area contributed by atoms with E-state index in [1.807, 2.05) is 42.5 Å². The summed E-state index contributed by atoms with van der Waals surface area (Å²) in [6.07, 6.45) is 0. The number of hydrogen-bond donors (Lipinski definition) is 1. The second-order valence-corrected chi connectivity index (χ2v) is 7.70. The molecular formula is C25H22N2O3S. The molecule has 0 spiro atoms. The molecule has 4 aromatic rings. The maximum absolute atomic E-state index is 12.1. The number of rotatable bonds is 8. The van der Waals surface area contributed by atoms with E-state index >= 15 is 0 Å². The van der Waals surface area contributed by atoms with Gasteiger partial charge in [-0.05, 0) is 29.8 Å². The molecule has 0 aliphatic rings. The highest BCUT2D eigenvalue weighted by Crippen LogP contribution is 2.28. The fraction of sp³-hybridized carbons (Fsp3) is 0.120. The third kappa shape index (κ3) is 5.49. The number of carbonyl (C=O) groups excluding carboxylic acids is 1.